The van der Waals surface area contributed by atoms with Gasteiger partial charge < -0.3 is 16.5 Å². The van der Waals surface area contributed by atoms with Crippen molar-refractivity contribution in [1.82, 2.24) is 15.0 Å². The van der Waals surface area contributed by atoms with Crippen molar-refractivity contribution >= 4 is 38.7 Å². The fourth-order valence-electron chi connectivity index (χ4n) is 2.15. The molecular weight excluding hydrogens is 298 g/mol. The predicted molar refractivity (Wildman–Crippen MR) is 90.1 cm³/mol. The minimum absolute atomic E-state index is 0.110. The summed E-state index contributed by atoms with van der Waals surface area (Å²) in [6.45, 7) is 0. The number of amidine groups is 1. The second kappa shape index (κ2) is 5.49. The Hall–Kier alpha value is -2.87. The van der Waals surface area contributed by atoms with Gasteiger partial charge in [-0.2, -0.15) is 0 Å². The first-order valence-corrected chi connectivity index (χ1v) is 7.16. The smallest absolute Gasteiger partial charge is 0.157 e. The van der Waals surface area contributed by atoms with Gasteiger partial charge in [0.25, 0.3) is 0 Å². The molecular formula is C14H13N7S. The number of H-pyrrole nitrogens is 1. The lowest BCUT2D eigenvalue weighted by Crippen LogP contribution is -2.08. The van der Waals surface area contributed by atoms with E-state index in [9.17, 15) is 0 Å². The highest BCUT2D eigenvalue weighted by atomic mass is 32.2. The van der Waals surface area contributed by atoms with Gasteiger partial charge in [-0.1, -0.05) is 6.07 Å². The molecule has 8 heteroatoms. The number of nitrogens with one attached hydrogen (secondary N) is 3. The van der Waals surface area contributed by atoms with E-state index >= 15 is 0 Å². The van der Waals surface area contributed by atoms with Crippen molar-refractivity contribution < 1.29 is 0 Å². The van der Waals surface area contributed by atoms with Gasteiger partial charge in [0.05, 0.1) is 18.1 Å². The zero-order chi connectivity index (χ0) is 15.7. The molecule has 2 heterocycles. The van der Waals surface area contributed by atoms with Crippen molar-refractivity contribution in [2.75, 3.05) is 5.73 Å². The maximum atomic E-state index is 7.98. The summed E-state index contributed by atoms with van der Waals surface area (Å²) in [7, 11) is 0. The van der Waals surface area contributed by atoms with E-state index < -0.39 is 0 Å². The predicted octanol–water partition coefficient (Wildman–Crippen LogP) is 2.16. The number of rotatable bonds is 2. The van der Waals surface area contributed by atoms with E-state index in [1.807, 2.05) is 24.4 Å². The molecule has 0 radical (unpaired) electrons. The number of benzene rings is 1. The van der Waals surface area contributed by atoms with Crippen molar-refractivity contribution in [1.29, 1.82) is 10.8 Å². The van der Waals surface area contributed by atoms with Crippen molar-refractivity contribution in [2.24, 2.45) is 5.73 Å². The summed E-state index contributed by atoms with van der Waals surface area (Å²) in [6, 6.07) is 5.55. The van der Waals surface area contributed by atoms with E-state index in [0.29, 0.717) is 17.1 Å². The maximum Gasteiger partial charge on any atom is 0.157 e. The zero-order valence-electron chi connectivity index (χ0n) is 11.4. The molecule has 0 spiro atoms. The Balaban J connectivity index is 2.09. The fraction of sp³-hybridized carbons (Fsp3) is 0. The van der Waals surface area contributed by atoms with Crippen LogP contribution in [-0.2, 0) is 0 Å². The molecule has 0 aliphatic heterocycles. The molecule has 110 valence electrons. The van der Waals surface area contributed by atoms with Crippen LogP contribution in [0, 0.1) is 10.8 Å². The topological polar surface area (TPSA) is 141 Å². The highest BCUT2D eigenvalue weighted by Gasteiger charge is 2.11. The monoisotopic (exact) mass is 311 g/mol. The third kappa shape index (κ3) is 2.63. The van der Waals surface area contributed by atoms with Crippen LogP contribution in [0.2, 0.25) is 0 Å². The molecule has 7 N–H and O–H groups in total. The van der Waals surface area contributed by atoms with Crippen LogP contribution >= 0.6 is 11.8 Å². The maximum absolute atomic E-state index is 7.98. The summed E-state index contributed by atoms with van der Waals surface area (Å²) in [6.07, 6.45) is 4.96. The van der Waals surface area contributed by atoms with E-state index in [1.54, 1.807) is 6.20 Å². The summed E-state index contributed by atoms with van der Waals surface area (Å²) in [4.78, 5) is 11.5. The van der Waals surface area contributed by atoms with Gasteiger partial charge in [0, 0.05) is 28.2 Å². The first-order chi connectivity index (χ1) is 10.5. The Labute approximate surface area is 130 Å². The Kier molecular flexibility index (Phi) is 3.51. The molecule has 0 atom stereocenters. The lowest BCUT2D eigenvalue weighted by atomic mass is 10.1. The van der Waals surface area contributed by atoms with E-state index in [0.717, 1.165) is 28.2 Å². The first kappa shape index (κ1) is 14.1. The Morgan fingerprint density at radius 1 is 1.23 bits per heavy atom. The van der Waals surface area contributed by atoms with E-state index in [2.05, 4.69) is 15.0 Å². The molecule has 0 amide bonds. The molecule has 3 rings (SSSR count). The average Bonchev–Trinajstić information content (AvgIpc) is 2.89. The van der Waals surface area contributed by atoms with E-state index in [-0.39, 0.29) is 10.2 Å². The van der Waals surface area contributed by atoms with Gasteiger partial charge in [0.15, 0.2) is 5.17 Å². The SMILES string of the molecule is N=C(N)SC(=N)c1ccc2[nH]cc(-c3cncc(N)n3)c2c1. The summed E-state index contributed by atoms with van der Waals surface area (Å²) in [5, 5.41) is 16.3. The minimum Gasteiger partial charge on any atom is -0.382 e. The quantitative estimate of drug-likeness (QED) is 0.364. The summed E-state index contributed by atoms with van der Waals surface area (Å²) in [5.74, 6) is 0.350. The number of aromatic nitrogens is 3. The third-order valence-electron chi connectivity index (χ3n) is 3.09. The lowest BCUT2D eigenvalue weighted by molar-refractivity contribution is 1.22. The number of nitrogens with two attached hydrogens (primary N) is 2. The normalized spacial score (nSPS) is 10.7. The number of hydrogen-bond acceptors (Lipinski definition) is 6. The molecule has 0 aliphatic rings. The van der Waals surface area contributed by atoms with Crippen molar-refractivity contribution in [3.63, 3.8) is 0 Å². The molecule has 0 unspecified atom stereocenters. The van der Waals surface area contributed by atoms with Crippen molar-refractivity contribution in [3.8, 4) is 11.3 Å². The van der Waals surface area contributed by atoms with Crippen LogP contribution in [0.4, 0.5) is 5.82 Å². The third-order valence-corrected chi connectivity index (χ3v) is 3.74. The number of aromatic amines is 1. The van der Waals surface area contributed by atoms with Crippen LogP contribution in [0.1, 0.15) is 5.56 Å². The van der Waals surface area contributed by atoms with Gasteiger partial charge in [0.1, 0.15) is 10.9 Å². The van der Waals surface area contributed by atoms with Gasteiger partial charge in [-0.05, 0) is 23.9 Å². The first-order valence-electron chi connectivity index (χ1n) is 6.34. The highest BCUT2D eigenvalue weighted by molar-refractivity contribution is 8.26. The van der Waals surface area contributed by atoms with Gasteiger partial charge >= 0.3 is 0 Å². The number of hydrogen-bond donors (Lipinski definition) is 5. The molecule has 22 heavy (non-hydrogen) atoms. The Bertz CT molecular complexity index is 884. The number of nitrogens with zero attached hydrogens (tertiary/aromatic N) is 2. The molecule has 0 fully saturated rings. The molecule has 0 bridgehead atoms. The molecule has 0 aliphatic carbocycles. The van der Waals surface area contributed by atoms with Crippen LogP contribution < -0.4 is 11.5 Å². The molecule has 0 saturated heterocycles. The minimum atomic E-state index is -0.110. The van der Waals surface area contributed by atoms with Gasteiger partial charge in [-0.25, -0.2) is 4.98 Å². The molecule has 2 aromatic heterocycles. The number of fused-ring (bicyclic) bond motifs is 1. The Morgan fingerprint density at radius 3 is 2.77 bits per heavy atom. The number of nitrogen functional groups attached to an aromatic ring is 1. The van der Waals surface area contributed by atoms with Crippen LogP contribution in [0.3, 0.4) is 0 Å². The summed E-state index contributed by atoms with van der Waals surface area (Å²) in [5.41, 5.74) is 14.1. The Morgan fingerprint density at radius 2 is 2.05 bits per heavy atom. The molecule has 0 saturated carbocycles. The van der Waals surface area contributed by atoms with Crippen LogP contribution in [0.25, 0.3) is 22.2 Å². The van der Waals surface area contributed by atoms with Crippen molar-refractivity contribution in [3.05, 3.63) is 42.4 Å². The van der Waals surface area contributed by atoms with Gasteiger partial charge in [-0.15, -0.1) is 0 Å². The van der Waals surface area contributed by atoms with E-state index in [1.165, 1.54) is 6.20 Å². The average molecular weight is 311 g/mol. The zero-order valence-corrected chi connectivity index (χ0v) is 12.2. The second-order valence-corrected chi connectivity index (χ2v) is 5.64. The standard InChI is InChI=1S/C14H13N7S/c15-12-6-19-5-11(21-12)9-4-20-10-2-1-7(3-8(9)10)13(16)22-14(17)18/h1-6,16,20H,(H2,15,21)(H3,17,18). The van der Waals surface area contributed by atoms with Crippen LogP contribution in [0.5, 0.6) is 0 Å². The molecule has 3 aromatic rings. The van der Waals surface area contributed by atoms with Crippen LogP contribution in [0.15, 0.2) is 36.8 Å². The second-order valence-electron chi connectivity index (χ2n) is 4.59. The van der Waals surface area contributed by atoms with Gasteiger partial charge in [0.2, 0.25) is 0 Å². The largest absolute Gasteiger partial charge is 0.382 e. The van der Waals surface area contributed by atoms with Crippen LogP contribution in [-0.4, -0.2) is 25.2 Å². The van der Waals surface area contributed by atoms with E-state index in [4.69, 9.17) is 22.3 Å². The summed E-state index contributed by atoms with van der Waals surface area (Å²) < 4.78 is 0. The molecule has 1 aromatic carbocycles. The van der Waals surface area contributed by atoms with Crippen molar-refractivity contribution in [2.45, 2.75) is 0 Å². The van der Waals surface area contributed by atoms with Gasteiger partial charge in [-0.3, -0.25) is 15.8 Å². The lowest BCUT2D eigenvalue weighted by Gasteiger charge is -2.04. The fourth-order valence-corrected chi connectivity index (χ4v) is 2.62. The molecule has 7 nitrogen and oxygen atoms in total. The highest BCUT2D eigenvalue weighted by Crippen LogP contribution is 2.29. The number of thioether (sulfide) groups is 1. The summed E-state index contributed by atoms with van der Waals surface area (Å²) >= 11 is 0.909. The number of anilines is 1.